The molecule has 8 nitrogen and oxygen atoms in total. The van der Waals surface area contributed by atoms with E-state index in [0.29, 0.717) is 13.1 Å². The molecule has 2 aliphatic heterocycles. The molecule has 8 heteroatoms. The second-order valence-corrected chi connectivity index (χ2v) is 7.44. The predicted octanol–water partition coefficient (Wildman–Crippen LogP) is 2.04. The number of carbonyl (C=O) groups excluding carboxylic acids is 2. The van der Waals surface area contributed by atoms with Crippen LogP contribution in [0.15, 0.2) is 24.3 Å². The second-order valence-electron chi connectivity index (χ2n) is 7.44. The Morgan fingerprint density at radius 3 is 2.50 bits per heavy atom. The van der Waals surface area contributed by atoms with E-state index in [4.69, 9.17) is 4.74 Å². The van der Waals surface area contributed by atoms with Gasteiger partial charge in [0.2, 0.25) is 0 Å². The van der Waals surface area contributed by atoms with E-state index in [2.05, 4.69) is 22.5 Å². The lowest BCUT2D eigenvalue weighted by Crippen LogP contribution is -2.59. The topological polar surface area (TPSA) is 77.2 Å². The monoisotopic (exact) mass is 389 g/mol. The number of methoxy groups -OCH3 is 1. The van der Waals surface area contributed by atoms with Gasteiger partial charge in [0.1, 0.15) is 5.75 Å². The molecule has 2 aliphatic rings. The van der Waals surface area contributed by atoms with Crippen LogP contribution in [0.2, 0.25) is 0 Å². The van der Waals surface area contributed by atoms with Gasteiger partial charge in [0.15, 0.2) is 0 Å². The van der Waals surface area contributed by atoms with Crippen LogP contribution < -0.4 is 15.4 Å². The quantitative estimate of drug-likeness (QED) is 0.826. The molecule has 1 atom stereocenters. The molecule has 154 valence electrons. The Morgan fingerprint density at radius 2 is 1.86 bits per heavy atom. The van der Waals surface area contributed by atoms with Crippen molar-refractivity contribution < 1.29 is 14.3 Å². The first kappa shape index (κ1) is 20.3. The maximum Gasteiger partial charge on any atom is 0.321 e. The van der Waals surface area contributed by atoms with Crippen molar-refractivity contribution in [2.24, 2.45) is 0 Å². The van der Waals surface area contributed by atoms with E-state index in [1.807, 2.05) is 34.1 Å². The number of benzene rings is 1. The Labute approximate surface area is 166 Å². The highest BCUT2D eigenvalue weighted by molar-refractivity contribution is 5.89. The zero-order valence-electron chi connectivity index (χ0n) is 17.0. The van der Waals surface area contributed by atoms with Crippen LogP contribution in [0.3, 0.4) is 0 Å². The zero-order chi connectivity index (χ0) is 20.1. The number of likely N-dealkylation sites (tertiary alicyclic amines) is 1. The first-order valence-corrected chi connectivity index (χ1v) is 9.93. The number of piperazine rings is 1. The SMILES string of the molecule is CC[C@@]1(N2CCN(C(=O)Nc3cccc(OC)c3)CC2)CCN(C(=O)NC)C1. The van der Waals surface area contributed by atoms with Gasteiger partial charge in [-0.15, -0.1) is 0 Å². The van der Waals surface area contributed by atoms with Crippen molar-refractivity contribution in [1.82, 2.24) is 20.0 Å². The van der Waals surface area contributed by atoms with Gasteiger partial charge in [-0.3, -0.25) is 4.90 Å². The van der Waals surface area contributed by atoms with Gasteiger partial charge in [-0.05, 0) is 25.0 Å². The highest BCUT2D eigenvalue weighted by Crippen LogP contribution is 2.32. The number of nitrogens with zero attached hydrogens (tertiary/aromatic N) is 3. The third kappa shape index (κ3) is 4.16. The predicted molar refractivity (Wildman–Crippen MR) is 109 cm³/mol. The summed E-state index contributed by atoms with van der Waals surface area (Å²) in [6.07, 6.45) is 1.98. The molecular formula is C20H31N5O3. The standard InChI is InChI=1S/C20H31N5O3/c1-4-20(8-9-24(15-20)18(26)21-2)25-12-10-23(11-13-25)19(27)22-16-6-5-7-17(14-16)28-3/h5-7,14H,4,8-13,15H2,1-3H3,(H,21,26)(H,22,27)/t20-/m1/s1. The number of hydrogen-bond donors (Lipinski definition) is 2. The van der Waals surface area contributed by atoms with Gasteiger partial charge >= 0.3 is 12.1 Å². The fourth-order valence-corrected chi connectivity index (χ4v) is 4.25. The number of anilines is 1. The second kappa shape index (κ2) is 8.68. The Bertz CT molecular complexity index is 705. The smallest absolute Gasteiger partial charge is 0.321 e. The number of ether oxygens (including phenoxy) is 1. The summed E-state index contributed by atoms with van der Waals surface area (Å²) in [6, 6.07) is 7.28. The van der Waals surface area contributed by atoms with E-state index in [0.717, 1.165) is 50.5 Å². The van der Waals surface area contributed by atoms with Gasteiger partial charge in [-0.2, -0.15) is 0 Å². The van der Waals surface area contributed by atoms with Crippen molar-refractivity contribution in [2.45, 2.75) is 25.3 Å². The molecular weight excluding hydrogens is 358 g/mol. The van der Waals surface area contributed by atoms with Crippen molar-refractivity contribution in [3.8, 4) is 5.75 Å². The first-order valence-electron chi connectivity index (χ1n) is 9.93. The van der Waals surface area contributed by atoms with Crippen LogP contribution in [0.5, 0.6) is 5.75 Å². The molecule has 3 rings (SSSR count). The molecule has 4 amide bonds. The summed E-state index contributed by atoms with van der Waals surface area (Å²) in [4.78, 5) is 30.8. The number of nitrogens with one attached hydrogen (secondary N) is 2. The largest absolute Gasteiger partial charge is 0.497 e. The lowest BCUT2D eigenvalue weighted by Gasteiger charge is -2.45. The summed E-state index contributed by atoms with van der Waals surface area (Å²) >= 11 is 0. The van der Waals surface area contributed by atoms with Crippen molar-refractivity contribution in [2.75, 3.05) is 58.7 Å². The molecule has 0 bridgehead atoms. The molecule has 2 N–H and O–H groups in total. The Kier molecular flexibility index (Phi) is 6.28. The Hall–Kier alpha value is -2.48. The molecule has 2 saturated heterocycles. The highest BCUT2D eigenvalue weighted by atomic mass is 16.5. The molecule has 1 aromatic rings. The van der Waals surface area contributed by atoms with Crippen molar-refractivity contribution in [3.05, 3.63) is 24.3 Å². The maximum atomic E-state index is 12.6. The number of hydrogen-bond acceptors (Lipinski definition) is 4. The Balaban J connectivity index is 1.56. The fourth-order valence-electron chi connectivity index (χ4n) is 4.25. The number of rotatable bonds is 4. The summed E-state index contributed by atoms with van der Waals surface area (Å²) in [5.74, 6) is 0.717. The van der Waals surface area contributed by atoms with E-state index < -0.39 is 0 Å². The average Bonchev–Trinajstić information content (AvgIpc) is 3.19. The minimum absolute atomic E-state index is 0.00775. The highest BCUT2D eigenvalue weighted by Gasteiger charge is 2.44. The van der Waals surface area contributed by atoms with Crippen molar-refractivity contribution in [3.63, 3.8) is 0 Å². The molecule has 0 radical (unpaired) electrons. The lowest BCUT2D eigenvalue weighted by molar-refractivity contribution is 0.0477. The van der Waals surface area contributed by atoms with E-state index in [9.17, 15) is 9.59 Å². The minimum atomic E-state index is -0.0862. The van der Waals surface area contributed by atoms with Crippen LogP contribution in [0.1, 0.15) is 19.8 Å². The molecule has 0 aliphatic carbocycles. The normalized spacial score (nSPS) is 22.8. The molecule has 2 heterocycles. The molecule has 2 fully saturated rings. The summed E-state index contributed by atoms with van der Waals surface area (Å²) in [5, 5.41) is 5.67. The summed E-state index contributed by atoms with van der Waals surface area (Å²) in [6.45, 7) is 6.72. The van der Waals surface area contributed by atoms with E-state index in [-0.39, 0.29) is 17.6 Å². The van der Waals surface area contributed by atoms with Crippen molar-refractivity contribution >= 4 is 17.7 Å². The Morgan fingerprint density at radius 1 is 1.11 bits per heavy atom. The van der Waals surface area contributed by atoms with Crippen LogP contribution in [0.4, 0.5) is 15.3 Å². The van der Waals surface area contributed by atoms with E-state index in [1.54, 1.807) is 14.2 Å². The number of carbonyl (C=O) groups is 2. The van der Waals surface area contributed by atoms with Gasteiger partial charge in [0.05, 0.1) is 7.11 Å². The van der Waals surface area contributed by atoms with Gasteiger partial charge < -0.3 is 25.2 Å². The molecule has 0 unspecified atom stereocenters. The van der Waals surface area contributed by atoms with Gasteiger partial charge in [-0.1, -0.05) is 13.0 Å². The van der Waals surface area contributed by atoms with Gasteiger partial charge in [-0.25, -0.2) is 9.59 Å². The number of urea groups is 2. The molecule has 0 aromatic heterocycles. The summed E-state index contributed by atoms with van der Waals surface area (Å²) < 4.78 is 5.21. The van der Waals surface area contributed by atoms with Crippen LogP contribution in [-0.4, -0.2) is 85.7 Å². The van der Waals surface area contributed by atoms with Crippen molar-refractivity contribution in [1.29, 1.82) is 0 Å². The van der Waals surface area contributed by atoms with Gasteiger partial charge in [0.25, 0.3) is 0 Å². The molecule has 0 spiro atoms. The lowest BCUT2D eigenvalue weighted by atomic mass is 9.92. The third-order valence-corrected chi connectivity index (χ3v) is 6.05. The van der Waals surface area contributed by atoms with Crippen LogP contribution in [0.25, 0.3) is 0 Å². The van der Waals surface area contributed by atoms with E-state index in [1.165, 1.54) is 0 Å². The molecule has 28 heavy (non-hydrogen) atoms. The van der Waals surface area contributed by atoms with Gasteiger partial charge in [0, 0.05) is 63.6 Å². The third-order valence-electron chi connectivity index (χ3n) is 6.05. The fraction of sp³-hybridized carbons (Fsp3) is 0.600. The molecule has 0 saturated carbocycles. The van der Waals surface area contributed by atoms with Crippen LogP contribution in [0, 0.1) is 0 Å². The average molecular weight is 390 g/mol. The minimum Gasteiger partial charge on any atom is -0.497 e. The zero-order valence-corrected chi connectivity index (χ0v) is 17.0. The summed E-state index contributed by atoms with van der Waals surface area (Å²) in [7, 11) is 3.28. The molecule has 1 aromatic carbocycles. The first-order chi connectivity index (χ1) is 13.5. The number of amides is 4. The van der Waals surface area contributed by atoms with Crippen LogP contribution in [-0.2, 0) is 0 Å². The maximum absolute atomic E-state index is 12.6. The van der Waals surface area contributed by atoms with E-state index >= 15 is 0 Å². The summed E-state index contributed by atoms with van der Waals surface area (Å²) in [5.41, 5.74) is 0.746. The van der Waals surface area contributed by atoms with Crippen LogP contribution >= 0.6 is 0 Å².